The molecular formula is C31H37N3O2. The molecule has 1 saturated heterocycles. The molecule has 0 aromatic heterocycles. The number of para-hydroxylation sites is 3. The molecule has 0 bridgehead atoms. The predicted molar refractivity (Wildman–Crippen MR) is 147 cm³/mol. The van der Waals surface area contributed by atoms with E-state index in [4.69, 9.17) is 4.74 Å². The fourth-order valence-electron chi connectivity index (χ4n) is 5.72. The molecule has 0 radical (unpaired) electrons. The van der Waals surface area contributed by atoms with Crippen molar-refractivity contribution in [1.82, 2.24) is 4.90 Å². The minimum absolute atomic E-state index is 0.0455. The van der Waals surface area contributed by atoms with Crippen molar-refractivity contribution in [2.45, 2.75) is 51.5 Å². The molecule has 1 atom stereocenters. The van der Waals surface area contributed by atoms with Gasteiger partial charge in [-0.05, 0) is 86.9 Å². The number of amides is 2. The summed E-state index contributed by atoms with van der Waals surface area (Å²) in [5.74, 6) is 1.62. The third-order valence-corrected chi connectivity index (χ3v) is 7.76. The zero-order valence-electron chi connectivity index (χ0n) is 21.5. The summed E-state index contributed by atoms with van der Waals surface area (Å²) in [6.45, 7) is 8.01. The molecule has 2 aliphatic rings. The van der Waals surface area contributed by atoms with Gasteiger partial charge >= 0.3 is 6.03 Å². The normalized spacial score (nSPS) is 18.2. The Labute approximate surface area is 215 Å². The Morgan fingerprint density at radius 3 is 2.36 bits per heavy atom. The van der Waals surface area contributed by atoms with Gasteiger partial charge in [0, 0.05) is 30.5 Å². The molecule has 3 aromatic carbocycles. The van der Waals surface area contributed by atoms with Crippen LogP contribution in [-0.2, 0) is 0 Å². The Balaban J connectivity index is 1.23. The van der Waals surface area contributed by atoms with Gasteiger partial charge in [0.25, 0.3) is 0 Å². The lowest BCUT2D eigenvalue weighted by atomic mass is 9.90. The quantitative estimate of drug-likeness (QED) is 0.421. The Morgan fingerprint density at radius 2 is 1.61 bits per heavy atom. The number of ether oxygens (including phenoxy) is 1. The SMILES string of the molecule is Cc1cccc(C)c1NC(=O)N(c1ccccc1)C1CCN(CCC2CCOc3ccccc32)CC1. The van der Waals surface area contributed by atoms with E-state index in [1.165, 1.54) is 5.56 Å². The zero-order valence-corrected chi connectivity index (χ0v) is 21.5. The van der Waals surface area contributed by atoms with Gasteiger partial charge in [-0.2, -0.15) is 0 Å². The predicted octanol–water partition coefficient (Wildman–Crippen LogP) is 6.76. The molecule has 3 aromatic rings. The van der Waals surface area contributed by atoms with Crippen molar-refractivity contribution in [2.24, 2.45) is 0 Å². The first-order valence-corrected chi connectivity index (χ1v) is 13.3. The molecule has 1 unspecified atom stereocenters. The van der Waals surface area contributed by atoms with E-state index >= 15 is 0 Å². The third-order valence-electron chi connectivity index (χ3n) is 7.76. The Bertz CT molecular complexity index is 1150. The zero-order chi connectivity index (χ0) is 24.9. The smallest absolute Gasteiger partial charge is 0.326 e. The fourth-order valence-corrected chi connectivity index (χ4v) is 5.72. The van der Waals surface area contributed by atoms with Crippen molar-refractivity contribution in [2.75, 3.05) is 36.5 Å². The molecule has 1 N–H and O–H groups in total. The molecule has 0 saturated carbocycles. The lowest BCUT2D eigenvalue weighted by Crippen LogP contribution is -2.49. The van der Waals surface area contributed by atoms with E-state index in [1.807, 2.05) is 67.3 Å². The number of piperidine rings is 1. The Hall–Kier alpha value is -3.31. The number of fused-ring (bicyclic) bond motifs is 1. The van der Waals surface area contributed by atoms with Crippen LogP contribution >= 0.6 is 0 Å². The van der Waals surface area contributed by atoms with Crippen LogP contribution in [0.3, 0.4) is 0 Å². The van der Waals surface area contributed by atoms with E-state index in [-0.39, 0.29) is 12.1 Å². The summed E-state index contributed by atoms with van der Waals surface area (Å²) in [7, 11) is 0. The summed E-state index contributed by atoms with van der Waals surface area (Å²) < 4.78 is 5.85. The summed E-state index contributed by atoms with van der Waals surface area (Å²) in [5, 5.41) is 3.22. The van der Waals surface area contributed by atoms with Gasteiger partial charge in [-0.25, -0.2) is 4.79 Å². The number of hydrogen-bond acceptors (Lipinski definition) is 3. The fraction of sp³-hybridized carbons (Fsp3) is 0.387. The first kappa shape index (κ1) is 24.4. The molecule has 2 heterocycles. The lowest BCUT2D eigenvalue weighted by molar-refractivity contribution is 0.192. The van der Waals surface area contributed by atoms with Gasteiger partial charge in [0.2, 0.25) is 0 Å². The number of carbonyl (C=O) groups excluding carboxylic acids is 1. The van der Waals surface area contributed by atoms with Crippen LogP contribution in [0.1, 0.15) is 48.3 Å². The van der Waals surface area contributed by atoms with Gasteiger partial charge in [-0.1, -0.05) is 54.6 Å². The number of aryl methyl sites for hydroxylation is 2. The summed E-state index contributed by atoms with van der Waals surface area (Å²) in [5.41, 5.74) is 5.40. The second kappa shape index (κ2) is 11.2. The van der Waals surface area contributed by atoms with Gasteiger partial charge in [0.15, 0.2) is 0 Å². The maximum atomic E-state index is 13.6. The minimum atomic E-state index is -0.0455. The molecule has 188 valence electrons. The number of rotatable bonds is 6. The summed E-state index contributed by atoms with van der Waals surface area (Å²) in [4.78, 5) is 18.2. The molecule has 5 nitrogen and oxygen atoms in total. The molecular weight excluding hydrogens is 446 g/mol. The maximum Gasteiger partial charge on any atom is 0.326 e. The number of benzene rings is 3. The Morgan fingerprint density at radius 1 is 0.917 bits per heavy atom. The second-order valence-corrected chi connectivity index (χ2v) is 10.1. The van der Waals surface area contributed by atoms with E-state index in [9.17, 15) is 4.79 Å². The van der Waals surface area contributed by atoms with Crippen LogP contribution in [-0.4, -0.2) is 43.2 Å². The summed E-state index contributed by atoms with van der Waals surface area (Å²) in [6.07, 6.45) is 4.19. The summed E-state index contributed by atoms with van der Waals surface area (Å²) in [6, 6.07) is 24.8. The number of hydrogen-bond donors (Lipinski definition) is 1. The van der Waals surface area contributed by atoms with Crippen LogP contribution in [0.4, 0.5) is 16.2 Å². The monoisotopic (exact) mass is 483 g/mol. The van der Waals surface area contributed by atoms with Gasteiger partial charge in [0.1, 0.15) is 5.75 Å². The molecule has 5 heteroatoms. The first-order valence-electron chi connectivity index (χ1n) is 13.3. The number of likely N-dealkylation sites (tertiary alicyclic amines) is 1. The molecule has 5 rings (SSSR count). The first-order chi connectivity index (χ1) is 17.6. The van der Waals surface area contributed by atoms with Crippen LogP contribution in [0.25, 0.3) is 0 Å². The largest absolute Gasteiger partial charge is 0.493 e. The standard InChI is InChI=1S/C31H37N3O2/c1-23-9-8-10-24(2)30(23)32-31(35)34(26-11-4-3-5-12-26)27-16-20-33(21-17-27)19-15-25-18-22-36-29-14-7-6-13-28(25)29/h3-14,25,27H,15-22H2,1-2H3,(H,32,35). The van der Waals surface area contributed by atoms with Crippen LogP contribution < -0.4 is 15.0 Å². The highest BCUT2D eigenvalue weighted by Gasteiger charge is 2.30. The number of urea groups is 1. The topological polar surface area (TPSA) is 44.8 Å². The average molecular weight is 484 g/mol. The van der Waals surface area contributed by atoms with Crippen molar-refractivity contribution >= 4 is 17.4 Å². The molecule has 2 aliphatic heterocycles. The van der Waals surface area contributed by atoms with Gasteiger partial charge < -0.3 is 15.0 Å². The number of nitrogens with one attached hydrogen (secondary N) is 1. The number of carbonyl (C=O) groups is 1. The van der Waals surface area contributed by atoms with E-state index in [2.05, 4.69) is 34.5 Å². The Kier molecular flexibility index (Phi) is 7.57. The van der Waals surface area contributed by atoms with E-state index in [0.717, 1.165) is 80.2 Å². The number of nitrogens with zero attached hydrogens (tertiary/aromatic N) is 2. The number of anilines is 2. The maximum absolute atomic E-state index is 13.6. The highest BCUT2D eigenvalue weighted by Crippen LogP contribution is 2.36. The molecule has 1 fully saturated rings. The van der Waals surface area contributed by atoms with E-state index < -0.39 is 0 Å². The summed E-state index contributed by atoms with van der Waals surface area (Å²) >= 11 is 0. The van der Waals surface area contributed by atoms with Gasteiger partial charge in [-0.15, -0.1) is 0 Å². The highest BCUT2D eigenvalue weighted by atomic mass is 16.5. The van der Waals surface area contributed by atoms with Crippen molar-refractivity contribution in [1.29, 1.82) is 0 Å². The second-order valence-electron chi connectivity index (χ2n) is 10.1. The highest BCUT2D eigenvalue weighted by molar-refractivity contribution is 6.03. The minimum Gasteiger partial charge on any atom is -0.493 e. The van der Waals surface area contributed by atoms with Crippen LogP contribution in [0.15, 0.2) is 72.8 Å². The van der Waals surface area contributed by atoms with Crippen LogP contribution in [0.2, 0.25) is 0 Å². The molecule has 0 spiro atoms. The van der Waals surface area contributed by atoms with Crippen LogP contribution in [0, 0.1) is 13.8 Å². The van der Waals surface area contributed by atoms with Crippen molar-refractivity contribution in [3.63, 3.8) is 0 Å². The average Bonchev–Trinajstić information content (AvgIpc) is 2.91. The van der Waals surface area contributed by atoms with E-state index in [1.54, 1.807) is 0 Å². The molecule has 0 aliphatic carbocycles. The lowest BCUT2D eigenvalue weighted by Gasteiger charge is -2.39. The molecule has 2 amide bonds. The van der Waals surface area contributed by atoms with E-state index in [0.29, 0.717) is 5.92 Å². The van der Waals surface area contributed by atoms with Crippen molar-refractivity contribution in [3.05, 3.63) is 89.5 Å². The van der Waals surface area contributed by atoms with Gasteiger partial charge in [0.05, 0.1) is 6.61 Å². The van der Waals surface area contributed by atoms with Gasteiger partial charge in [-0.3, -0.25) is 4.90 Å². The van der Waals surface area contributed by atoms with Crippen molar-refractivity contribution < 1.29 is 9.53 Å². The van der Waals surface area contributed by atoms with Crippen LogP contribution in [0.5, 0.6) is 5.75 Å². The van der Waals surface area contributed by atoms with Crippen molar-refractivity contribution in [3.8, 4) is 5.75 Å². The molecule has 36 heavy (non-hydrogen) atoms. The third kappa shape index (κ3) is 5.41.